The fraction of sp³-hybridized carbons (Fsp3) is 0.296. The van der Waals surface area contributed by atoms with Crippen molar-refractivity contribution in [1.82, 2.24) is 9.88 Å². The van der Waals surface area contributed by atoms with Crippen LogP contribution in [0.15, 0.2) is 66.0 Å². The zero-order valence-electron chi connectivity index (χ0n) is 19.3. The molecule has 1 fully saturated rings. The molecule has 7 heteroatoms. The second-order valence-electron chi connectivity index (χ2n) is 8.59. The summed E-state index contributed by atoms with van der Waals surface area (Å²) in [5, 5.41) is 8.45. The van der Waals surface area contributed by atoms with Crippen molar-refractivity contribution >= 4 is 33.1 Å². The Morgan fingerprint density at radius 1 is 1.09 bits per heavy atom. The highest BCUT2D eigenvalue weighted by molar-refractivity contribution is 7.17. The summed E-state index contributed by atoms with van der Waals surface area (Å²) in [6, 6.07) is 19.5. The van der Waals surface area contributed by atoms with Crippen LogP contribution in [0.1, 0.15) is 35.3 Å². The lowest BCUT2D eigenvalue weighted by Crippen LogP contribution is -2.19. The minimum absolute atomic E-state index is 0.121. The first-order chi connectivity index (χ1) is 16.7. The fourth-order valence-electron chi connectivity index (χ4n) is 4.28. The van der Waals surface area contributed by atoms with E-state index in [1.54, 1.807) is 11.3 Å². The van der Waals surface area contributed by atoms with Crippen molar-refractivity contribution in [2.24, 2.45) is 7.05 Å². The second kappa shape index (κ2) is 10.3. The molecule has 1 unspecified atom stereocenters. The van der Waals surface area contributed by atoms with Crippen molar-refractivity contribution in [2.75, 3.05) is 18.4 Å². The van der Waals surface area contributed by atoms with Crippen molar-refractivity contribution < 1.29 is 14.3 Å². The Balaban J connectivity index is 1.17. The molecule has 2 aromatic heterocycles. The second-order valence-corrected chi connectivity index (χ2v) is 9.54. The molecule has 3 heterocycles. The highest BCUT2D eigenvalue weighted by Gasteiger charge is 2.15. The molecule has 0 saturated carbocycles. The number of hydrogen-bond acceptors (Lipinski definition) is 5. The first-order valence-corrected chi connectivity index (χ1v) is 12.6. The molecule has 34 heavy (non-hydrogen) atoms. The zero-order valence-corrected chi connectivity index (χ0v) is 20.1. The molecule has 0 spiro atoms. The van der Waals surface area contributed by atoms with Crippen LogP contribution in [0, 0.1) is 0 Å². The number of fused-ring (bicyclic) bond motifs is 1. The van der Waals surface area contributed by atoms with E-state index in [2.05, 4.69) is 10.6 Å². The van der Waals surface area contributed by atoms with Crippen LogP contribution in [0.25, 0.3) is 10.2 Å². The summed E-state index contributed by atoms with van der Waals surface area (Å²) in [7, 11) is 1.91. The Morgan fingerprint density at radius 3 is 2.79 bits per heavy atom. The lowest BCUT2D eigenvalue weighted by atomic mass is 10.1. The number of rotatable bonds is 7. The van der Waals surface area contributed by atoms with E-state index in [9.17, 15) is 4.79 Å². The van der Waals surface area contributed by atoms with Gasteiger partial charge in [0.15, 0.2) is 0 Å². The van der Waals surface area contributed by atoms with Gasteiger partial charge in [-0.3, -0.25) is 4.79 Å². The van der Waals surface area contributed by atoms with Crippen LogP contribution >= 0.6 is 11.3 Å². The summed E-state index contributed by atoms with van der Waals surface area (Å²) in [4.78, 5) is 12.8. The maximum absolute atomic E-state index is 12.8. The number of aryl methyl sites for hydroxylation is 1. The molecule has 0 bridgehead atoms. The molecule has 1 aliphatic rings. The van der Waals surface area contributed by atoms with Crippen molar-refractivity contribution in [3.8, 4) is 11.5 Å². The van der Waals surface area contributed by atoms with E-state index in [0.717, 1.165) is 65.3 Å². The van der Waals surface area contributed by atoms with Gasteiger partial charge < -0.3 is 24.7 Å². The van der Waals surface area contributed by atoms with Crippen LogP contribution in [0.3, 0.4) is 0 Å². The fourth-order valence-corrected chi connectivity index (χ4v) is 5.13. The third kappa shape index (κ3) is 5.26. The Kier molecular flexibility index (Phi) is 6.83. The van der Waals surface area contributed by atoms with Crippen LogP contribution in [0.2, 0.25) is 0 Å². The minimum atomic E-state index is -0.121. The highest BCUT2D eigenvalue weighted by atomic mass is 32.1. The molecular weight excluding hydrogens is 446 g/mol. The molecular formula is C27H29N3O3S. The maximum atomic E-state index is 12.8. The van der Waals surface area contributed by atoms with Crippen molar-refractivity contribution in [3.63, 3.8) is 0 Å². The van der Waals surface area contributed by atoms with Crippen LogP contribution in [0.5, 0.6) is 11.5 Å². The molecule has 5 rings (SSSR count). The highest BCUT2D eigenvalue weighted by Crippen LogP contribution is 2.25. The SMILES string of the molecule is Cn1c(C(=O)Nc2cccc(COc3ccc(OC4CCCNCC4)cc3)c2)cc2sccc21. The van der Waals surface area contributed by atoms with Gasteiger partial charge in [-0.1, -0.05) is 12.1 Å². The molecule has 2 N–H and O–H groups in total. The van der Waals surface area contributed by atoms with Crippen LogP contribution in [0.4, 0.5) is 5.69 Å². The van der Waals surface area contributed by atoms with Gasteiger partial charge in [-0.15, -0.1) is 11.3 Å². The summed E-state index contributed by atoms with van der Waals surface area (Å²) in [5.41, 5.74) is 3.44. The maximum Gasteiger partial charge on any atom is 0.272 e. The zero-order chi connectivity index (χ0) is 23.3. The number of thiophene rings is 1. The number of anilines is 1. The number of nitrogens with zero attached hydrogens (tertiary/aromatic N) is 1. The van der Waals surface area contributed by atoms with E-state index in [0.29, 0.717) is 12.3 Å². The molecule has 1 amide bonds. The topological polar surface area (TPSA) is 64.5 Å². The smallest absolute Gasteiger partial charge is 0.272 e. The molecule has 4 aromatic rings. The third-order valence-corrected chi connectivity index (χ3v) is 6.99. The Hall–Kier alpha value is -3.29. The first kappa shape index (κ1) is 22.5. The number of benzene rings is 2. The lowest BCUT2D eigenvalue weighted by molar-refractivity contribution is 0.101. The largest absolute Gasteiger partial charge is 0.490 e. The van der Waals surface area contributed by atoms with E-state index in [4.69, 9.17) is 9.47 Å². The molecule has 6 nitrogen and oxygen atoms in total. The van der Waals surface area contributed by atoms with E-state index in [1.165, 1.54) is 0 Å². The van der Waals surface area contributed by atoms with Crippen LogP contribution < -0.4 is 20.1 Å². The number of carbonyl (C=O) groups excluding carboxylic acids is 1. The molecule has 0 radical (unpaired) electrons. The number of hydrogen-bond donors (Lipinski definition) is 2. The van der Waals surface area contributed by atoms with Gasteiger partial charge in [-0.25, -0.2) is 0 Å². The predicted molar refractivity (Wildman–Crippen MR) is 137 cm³/mol. The van der Waals surface area contributed by atoms with Gasteiger partial charge in [-0.2, -0.15) is 0 Å². The van der Waals surface area contributed by atoms with Crippen LogP contribution in [-0.2, 0) is 13.7 Å². The van der Waals surface area contributed by atoms with Gasteiger partial charge in [0.1, 0.15) is 23.8 Å². The van der Waals surface area contributed by atoms with Crippen molar-refractivity contribution in [1.29, 1.82) is 0 Å². The number of nitrogens with one attached hydrogen (secondary N) is 2. The standard InChI is InChI=1S/C27H29N3O3S/c1-30-24-12-15-34-26(24)17-25(30)27(31)29-20-5-2-4-19(16-20)18-32-21-7-9-23(10-8-21)33-22-6-3-13-28-14-11-22/h2,4-5,7-10,12,15-17,22,28H,3,6,11,13-14,18H2,1H3,(H,29,31). The third-order valence-electron chi connectivity index (χ3n) is 6.14. The quantitative estimate of drug-likeness (QED) is 0.366. The molecule has 1 atom stereocenters. The van der Waals surface area contributed by atoms with Crippen LogP contribution in [-0.4, -0.2) is 29.7 Å². The van der Waals surface area contributed by atoms with Gasteiger partial charge in [0.05, 0.1) is 16.3 Å². The Bertz CT molecular complexity index is 1250. The molecule has 2 aromatic carbocycles. The summed E-state index contributed by atoms with van der Waals surface area (Å²) < 4.78 is 15.1. The minimum Gasteiger partial charge on any atom is -0.490 e. The summed E-state index contributed by atoms with van der Waals surface area (Å²) >= 11 is 1.64. The van der Waals surface area contributed by atoms with Gasteiger partial charge >= 0.3 is 0 Å². The average Bonchev–Trinajstić information content (AvgIpc) is 3.33. The molecule has 1 aliphatic heterocycles. The number of carbonyl (C=O) groups is 1. The normalized spacial score (nSPS) is 16.2. The van der Waals surface area contributed by atoms with E-state index in [1.807, 2.05) is 77.7 Å². The van der Waals surface area contributed by atoms with E-state index >= 15 is 0 Å². The van der Waals surface area contributed by atoms with Gasteiger partial charge in [0.2, 0.25) is 0 Å². The number of ether oxygens (including phenoxy) is 2. The van der Waals surface area contributed by atoms with Crippen molar-refractivity contribution in [2.45, 2.75) is 32.0 Å². The van der Waals surface area contributed by atoms with Gasteiger partial charge in [0, 0.05) is 12.7 Å². The average molecular weight is 476 g/mol. The molecule has 176 valence electrons. The number of amides is 1. The van der Waals surface area contributed by atoms with Gasteiger partial charge in [-0.05, 0) is 91.8 Å². The Morgan fingerprint density at radius 2 is 1.94 bits per heavy atom. The molecule has 0 aliphatic carbocycles. The summed E-state index contributed by atoms with van der Waals surface area (Å²) in [6.07, 6.45) is 3.54. The Labute approximate surface area is 203 Å². The predicted octanol–water partition coefficient (Wildman–Crippen LogP) is 5.59. The van der Waals surface area contributed by atoms with Gasteiger partial charge in [0.25, 0.3) is 5.91 Å². The summed E-state index contributed by atoms with van der Waals surface area (Å²) in [6.45, 7) is 2.50. The molecule has 1 saturated heterocycles. The summed E-state index contributed by atoms with van der Waals surface area (Å²) in [5.74, 6) is 1.54. The number of aromatic nitrogens is 1. The first-order valence-electron chi connectivity index (χ1n) is 11.7. The van der Waals surface area contributed by atoms with E-state index in [-0.39, 0.29) is 12.0 Å². The monoisotopic (exact) mass is 475 g/mol. The van der Waals surface area contributed by atoms with Crippen molar-refractivity contribution in [3.05, 3.63) is 77.3 Å². The lowest BCUT2D eigenvalue weighted by Gasteiger charge is -2.17. The van der Waals surface area contributed by atoms with E-state index < -0.39 is 0 Å².